The van der Waals surface area contributed by atoms with Crippen LogP contribution in [0.5, 0.6) is 0 Å². The largest absolute Gasteiger partial charge is 0.693 e. The van der Waals surface area contributed by atoms with Crippen molar-refractivity contribution in [1.29, 1.82) is 0 Å². The summed E-state index contributed by atoms with van der Waals surface area (Å²) in [6, 6.07) is 0. The summed E-state index contributed by atoms with van der Waals surface area (Å²) in [5.74, 6) is 0. The second-order valence-corrected chi connectivity index (χ2v) is 1.77. The minimum atomic E-state index is 0. The Bertz CT molecular complexity index is 12.9. The van der Waals surface area contributed by atoms with Crippen molar-refractivity contribution in [1.82, 2.24) is 0 Å². The zero-order chi connectivity index (χ0) is 2.71. The van der Waals surface area contributed by atoms with Gasteiger partial charge in [-0.2, -0.15) is 0 Å². The molecule has 4 nitrogen and oxygen atoms in total. The quantitative estimate of drug-likeness (QED) is 0.563. The molecule has 0 heterocycles. The van der Waals surface area contributed by atoms with Gasteiger partial charge in [0.15, 0.2) is 0 Å². The van der Waals surface area contributed by atoms with Crippen LogP contribution >= 0.6 is 20.3 Å². The second-order valence-electron chi connectivity index (χ2n) is 0.0476. The summed E-state index contributed by atoms with van der Waals surface area (Å²) in [6.07, 6.45) is 0. The Kier molecular flexibility index (Phi) is 416. The van der Waals surface area contributed by atoms with Gasteiger partial charge in [-0.1, -0.05) is 0 Å². The molecule has 0 aliphatic rings. The van der Waals surface area contributed by atoms with Crippen LogP contribution in [0.1, 0.15) is 0 Å². The Balaban J connectivity index is -0.00000000333. The summed E-state index contributed by atoms with van der Waals surface area (Å²) >= 11 is 0.382. The van der Waals surface area contributed by atoms with Gasteiger partial charge in [0.25, 0.3) is 0 Å². The third-order valence-corrected chi connectivity index (χ3v) is 0. The van der Waals surface area contributed by atoms with E-state index in [1.54, 1.807) is 0 Å². The molecule has 0 aliphatic carbocycles. The molecule has 0 amide bonds. The summed E-state index contributed by atoms with van der Waals surface area (Å²) in [6.45, 7) is 0. The molecular weight excluding hydrogens is 188 g/mol. The minimum absolute atomic E-state index is 0. The molecule has 0 saturated heterocycles. The van der Waals surface area contributed by atoms with Crippen LogP contribution in [0.25, 0.3) is 18.5 Å². The van der Waals surface area contributed by atoms with E-state index in [1.807, 2.05) is 0 Å². The predicted molar refractivity (Wildman–Crippen MR) is 31.2 cm³/mol. The van der Waals surface area contributed by atoms with Gasteiger partial charge in [0.2, 0.25) is 0 Å². The fourth-order valence-corrected chi connectivity index (χ4v) is 0. The molecule has 8 N–H and O–H groups in total. The number of hydrogen-bond donors (Lipinski definition) is 0. The summed E-state index contributed by atoms with van der Waals surface area (Å²) < 4.78 is 0. The molecule has 0 fully saturated rings. The number of hydrogen-bond acceptors (Lipinski definition) is 0. The molecule has 0 rings (SSSR count). The normalized spacial score (nSPS) is 3.14. The van der Waals surface area contributed by atoms with Crippen LogP contribution in [-0.4, -0.2) is 5.48 Å². The first kappa shape index (κ1) is 44.4. The Labute approximate surface area is 57.5 Å². The SMILES string of the molecule is O.[Cl][Co][Cl].[NH2-].[NH2-].[NH2-]. The summed E-state index contributed by atoms with van der Waals surface area (Å²) in [5, 5.41) is 0. The minimum Gasteiger partial charge on any atom is -0.693 e. The first-order chi connectivity index (χ1) is 1.41. The molecule has 0 bridgehead atoms. The van der Waals surface area contributed by atoms with E-state index in [0.717, 1.165) is 0 Å². The van der Waals surface area contributed by atoms with Crippen molar-refractivity contribution in [2.24, 2.45) is 0 Å². The molecule has 0 unspecified atom stereocenters. The van der Waals surface area contributed by atoms with Gasteiger partial charge >= 0.3 is 33.2 Å². The molecule has 0 aromatic rings. The van der Waals surface area contributed by atoms with Gasteiger partial charge < -0.3 is 23.9 Å². The first-order valence-corrected chi connectivity index (χ1v) is 3.12. The molecule has 0 aliphatic heterocycles. The molecule has 7 heteroatoms. The summed E-state index contributed by atoms with van der Waals surface area (Å²) in [5.41, 5.74) is 0. The molecule has 0 aromatic heterocycles. The van der Waals surface area contributed by atoms with Gasteiger partial charge in [0.1, 0.15) is 0 Å². The van der Waals surface area contributed by atoms with Crippen molar-refractivity contribution in [3.63, 3.8) is 0 Å². The van der Waals surface area contributed by atoms with E-state index >= 15 is 0 Å². The smallest absolute Gasteiger partial charge is 0.693 e. The number of rotatable bonds is 0. The third-order valence-electron chi connectivity index (χ3n) is 0. The molecule has 0 spiro atoms. The maximum Gasteiger partial charge on any atom is -0.693 e. The molecular formula is H8Cl2CoN3O-3. The van der Waals surface area contributed by atoms with E-state index in [-0.39, 0.29) is 23.9 Å². The number of nitrogens with two attached hydrogens (primary N) is 3. The van der Waals surface area contributed by atoms with Gasteiger partial charge in [0.05, 0.1) is 0 Å². The van der Waals surface area contributed by atoms with Gasteiger partial charge in [0, 0.05) is 0 Å². The van der Waals surface area contributed by atoms with E-state index in [9.17, 15) is 0 Å². The Hall–Kier alpha value is 0.926. The van der Waals surface area contributed by atoms with Crippen LogP contribution < -0.4 is 0 Å². The van der Waals surface area contributed by atoms with Gasteiger partial charge in [-0.15, -0.1) is 0 Å². The fourth-order valence-electron chi connectivity index (χ4n) is 0. The van der Waals surface area contributed by atoms with Crippen molar-refractivity contribution in [2.75, 3.05) is 0 Å². The maximum atomic E-state index is 4.73. The monoisotopic (exact) mass is 195 g/mol. The van der Waals surface area contributed by atoms with E-state index in [0.29, 0.717) is 12.9 Å². The van der Waals surface area contributed by atoms with Crippen molar-refractivity contribution in [3.05, 3.63) is 18.5 Å². The van der Waals surface area contributed by atoms with Crippen LogP contribution in [0.3, 0.4) is 0 Å². The van der Waals surface area contributed by atoms with Crippen molar-refractivity contribution >= 4 is 20.3 Å². The van der Waals surface area contributed by atoms with Crippen LogP contribution in [0.15, 0.2) is 0 Å². The molecule has 7 heavy (non-hydrogen) atoms. The Morgan fingerprint density at radius 2 is 0.857 bits per heavy atom. The zero-order valence-electron chi connectivity index (χ0n) is 3.32. The van der Waals surface area contributed by atoms with Crippen LogP contribution in [-0.2, 0) is 12.9 Å². The van der Waals surface area contributed by atoms with Crippen LogP contribution in [0, 0.1) is 0 Å². The van der Waals surface area contributed by atoms with Crippen LogP contribution in [0.2, 0.25) is 0 Å². The zero-order valence-corrected chi connectivity index (χ0v) is 5.87. The average Bonchev–Trinajstić information content (AvgIpc) is 0.918. The van der Waals surface area contributed by atoms with Crippen molar-refractivity contribution < 1.29 is 18.4 Å². The van der Waals surface area contributed by atoms with Gasteiger partial charge in [-0.3, -0.25) is 0 Å². The molecule has 0 atom stereocenters. The predicted octanol–water partition coefficient (Wildman–Crippen LogP) is 2.70. The summed E-state index contributed by atoms with van der Waals surface area (Å²) in [7, 11) is 9.47. The van der Waals surface area contributed by atoms with E-state index in [4.69, 9.17) is 20.3 Å². The van der Waals surface area contributed by atoms with E-state index < -0.39 is 0 Å². The molecule has 0 aromatic carbocycles. The first-order valence-electron chi connectivity index (χ1n) is 0.252. The van der Waals surface area contributed by atoms with Gasteiger partial charge in [-0.25, -0.2) is 0 Å². The van der Waals surface area contributed by atoms with Crippen molar-refractivity contribution in [3.8, 4) is 0 Å². The topological polar surface area (TPSA) is 132 Å². The Morgan fingerprint density at radius 1 is 0.857 bits per heavy atom. The van der Waals surface area contributed by atoms with Crippen molar-refractivity contribution in [2.45, 2.75) is 0 Å². The second kappa shape index (κ2) is 65.6. The molecule has 55 valence electrons. The Morgan fingerprint density at radius 3 is 0.857 bits per heavy atom. The van der Waals surface area contributed by atoms with E-state index in [2.05, 4.69) is 0 Å². The summed E-state index contributed by atoms with van der Waals surface area (Å²) in [4.78, 5) is 0. The number of halogens is 2. The van der Waals surface area contributed by atoms with Gasteiger partial charge in [-0.05, 0) is 0 Å². The third kappa shape index (κ3) is 196. The molecule has 0 saturated carbocycles. The standard InChI is InChI=1S/2ClH.Co.3H2N.H2O/h2*1H;;4*1H2/q;;+2;3*-1;/p-2. The van der Waals surface area contributed by atoms with Crippen LogP contribution in [0.4, 0.5) is 0 Å². The molecule has 0 radical (unpaired) electrons. The average molecular weight is 196 g/mol. The maximum absolute atomic E-state index is 4.73. The fraction of sp³-hybridized carbons (Fsp3) is 0. The van der Waals surface area contributed by atoms with E-state index in [1.165, 1.54) is 0 Å².